The Bertz CT molecular complexity index is 342. The number of hydrogen-bond acceptors (Lipinski definition) is 3. The van der Waals surface area contributed by atoms with Gasteiger partial charge in [0.25, 0.3) is 0 Å². The predicted molar refractivity (Wildman–Crippen MR) is 61.6 cm³/mol. The molecular formula is C11H19N3O. The van der Waals surface area contributed by atoms with E-state index in [9.17, 15) is 0 Å². The van der Waals surface area contributed by atoms with Gasteiger partial charge in [-0.25, -0.2) is 4.98 Å². The van der Waals surface area contributed by atoms with Crippen molar-refractivity contribution in [3.63, 3.8) is 0 Å². The third-order valence-corrected chi connectivity index (χ3v) is 2.43. The maximum absolute atomic E-state index is 5.95. The van der Waals surface area contributed by atoms with Crippen molar-refractivity contribution in [2.75, 3.05) is 12.8 Å². The van der Waals surface area contributed by atoms with Gasteiger partial charge in [-0.15, -0.1) is 6.58 Å². The zero-order valence-corrected chi connectivity index (χ0v) is 9.66. The number of rotatable bonds is 5. The third kappa shape index (κ3) is 2.83. The molecule has 0 fully saturated rings. The molecule has 2 N–H and O–H groups in total. The van der Waals surface area contributed by atoms with Crippen molar-refractivity contribution in [1.82, 2.24) is 9.55 Å². The minimum atomic E-state index is -0.235. The standard InChI is InChI=1S/C11H19N3O/c1-5-6-14-8-13-9(10(14)12)7-11(2,3)15-4/h5,8H,1,6-7,12H2,2-4H3. The molecule has 0 bridgehead atoms. The number of nitrogen functional groups attached to an aromatic ring is 1. The maximum atomic E-state index is 5.95. The highest BCUT2D eigenvalue weighted by atomic mass is 16.5. The van der Waals surface area contributed by atoms with Gasteiger partial charge in [0, 0.05) is 20.1 Å². The highest BCUT2D eigenvalue weighted by Gasteiger charge is 2.20. The first kappa shape index (κ1) is 11.8. The molecular weight excluding hydrogens is 190 g/mol. The number of ether oxygens (including phenoxy) is 1. The molecule has 0 amide bonds. The average molecular weight is 209 g/mol. The molecule has 15 heavy (non-hydrogen) atoms. The lowest BCUT2D eigenvalue weighted by Crippen LogP contribution is -2.26. The Balaban J connectivity index is 2.83. The van der Waals surface area contributed by atoms with Crippen LogP contribution >= 0.6 is 0 Å². The number of aromatic nitrogens is 2. The lowest BCUT2D eigenvalue weighted by Gasteiger charge is -2.21. The van der Waals surface area contributed by atoms with E-state index in [1.807, 2.05) is 18.4 Å². The summed E-state index contributed by atoms with van der Waals surface area (Å²) in [6.07, 6.45) is 4.24. The summed E-state index contributed by atoms with van der Waals surface area (Å²) in [4.78, 5) is 4.28. The normalized spacial score (nSPS) is 11.7. The minimum absolute atomic E-state index is 0.235. The fourth-order valence-electron chi connectivity index (χ4n) is 1.33. The summed E-state index contributed by atoms with van der Waals surface area (Å²) in [5.74, 6) is 0.694. The van der Waals surface area contributed by atoms with E-state index >= 15 is 0 Å². The van der Waals surface area contributed by atoms with Crippen molar-refractivity contribution >= 4 is 5.82 Å². The van der Waals surface area contributed by atoms with Gasteiger partial charge in [-0.2, -0.15) is 0 Å². The summed E-state index contributed by atoms with van der Waals surface area (Å²) in [7, 11) is 1.69. The molecule has 0 saturated heterocycles. The topological polar surface area (TPSA) is 53.1 Å². The van der Waals surface area contributed by atoms with Crippen molar-refractivity contribution in [1.29, 1.82) is 0 Å². The third-order valence-electron chi connectivity index (χ3n) is 2.43. The minimum Gasteiger partial charge on any atom is -0.384 e. The van der Waals surface area contributed by atoms with Gasteiger partial charge in [-0.1, -0.05) is 6.08 Å². The molecule has 1 rings (SSSR count). The fourth-order valence-corrected chi connectivity index (χ4v) is 1.33. The monoisotopic (exact) mass is 209 g/mol. The average Bonchev–Trinajstić information content (AvgIpc) is 2.50. The van der Waals surface area contributed by atoms with Crippen molar-refractivity contribution < 1.29 is 4.74 Å². The molecule has 0 aliphatic carbocycles. The van der Waals surface area contributed by atoms with Crippen molar-refractivity contribution in [3.05, 3.63) is 24.7 Å². The molecule has 0 radical (unpaired) electrons. The molecule has 1 aromatic heterocycles. The summed E-state index contributed by atoms with van der Waals surface area (Å²) in [6, 6.07) is 0. The molecule has 84 valence electrons. The Morgan fingerprint density at radius 3 is 2.87 bits per heavy atom. The van der Waals surface area contributed by atoms with E-state index in [1.54, 1.807) is 19.5 Å². The first-order chi connectivity index (χ1) is 7.00. The largest absolute Gasteiger partial charge is 0.384 e. The van der Waals surface area contributed by atoms with Crippen LogP contribution in [0, 0.1) is 0 Å². The number of imidazole rings is 1. The van der Waals surface area contributed by atoms with Crippen LogP contribution in [0.3, 0.4) is 0 Å². The van der Waals surface area contributed by atoms with Crippen LogP contribution in [0.15, 0.2) is 19.0 Å². The molecule has 0 atom stereocenters. The lowest BCUT2D eigenvalue weighted by atomic mass is 10.0. The number of nitrogens with zero attached hydrogens (tertiary/aromatic N) is 2. The summed E-state index contributed by atoms with van der Waals surface area (Å²) >= 11 is 0. The Morgan fingerprint density at radius 2 is 2.33 bits per heavy atom. The highest BCUT2D eigenvalue weighted by molar-refractivity contribution is 5.37. The van der Waals surface area contributed by atoms with Gasteiger partial charge < -0.3 is 15.0 Å². The quantitative estimate of drug-likeness (QED) is 0.750. The van der Waals surface area contributed by atoms with E-state index in [2.05, 4.69) is 11.6 Å². The van der Waals surface area contributed by atoms with Gasteiger partial charge in [0.1, 0.15) is 5.82 Å². The van der Waals surface area contributed by atoms with Crippen LogP contribution in [0.25, 0.3) is 0 Å². The number of methoxy groups -OCH3 is 1. The van der Waals surface area contributed by atoms with Crippen LogP contribution in [0.5, 0.6) is 0 Å². The Labute approximate surface area is 90.8 Å². The Kier molecular flexibility index (Phi) is 3.52. The van der Waals surface area contributed by atoms with Gasteiger partial charge in [-0.05, 0) is 13.8 Å². The van der Waals surface area contributed by atoms with E-state index in [1.165, 1.54) is 0 Å². The smallest absolute Gasteiger partial charge is 0.126 e. The molecule has 0 saturated carbocycles. The summed E-state index contributed by atoms with van der Waals surface area (Å²) in [6.45, 7) is 8.38. The van der Waals surface area contributed by atoms with Gasteiger partial charge >= 0.3 is 0 Å². The summed E-state index contributed by atoms with van der Waals surface area (Å²) < 4.78 is 7.21. The molecule has 0 aliphatic rings. The van der Waals surface area contributed by atoms with Crippen LogP contribution in [0.2, 0.25) is 0 Å². The van der Waals surface area contributed by atoms with Gasteiger partial charge in [-0.3, -0.25) is 0 Å². The summed E-state index contributed by atoms with van der Waals surface area (Å²) in [5, 5.41) is 0. The van der Waals surface area contributed by atoms with Gasteiger partial charge in [0.15, 0.2) is 0 Å². The second-order valence-electron chi connectivity index (χ2n) is 4.16. The SMILES string of the molecule is C=CCn1cnc(CC(C)(C)OC)c1N. The van der Waals surface area contributed by atoms with Crippen LogP contribution in [0.4, 0.5) is 5.82 Å². The van der Waals surface area contributed by atoms with Crippen molar-refractivity contribution in [3.8, 4) is 0 Å². The number of allylic oxidation sites excluding steroid dienone is 1. The van der Waals surface area contributed by atoms with E-state index < -0.39 is 0 Å². The predicted octanol–water partition coefficient (Wildman–Crippen LogP) is 1.62. The summed E-state index contributed by atoms with van der Waals surface area (Å²) in [5.41, 5.74) is 6.59. The van der Waals surface area contributed by atoms with Crippen LogP contribution in [0.1, 0.15) is 19.5 Å². The van der Waals surface area contributed by atoms with Gasteiger partial charge in [0.2, 0.25) is 0 Å². The van der Waals surface area contributed by atoms with Gasteiger partial charge in [0.05, 0.1) is 17.6 Å². The fraction of sp³-hybridized carbons (Fsp3) is 0.545. The number of hydrogen-bond donors (Lipinski definition) is 1. The number of anilines is 1. The van der Waals surface area contributed by atoms with Crippen LogP contribution in [-0.2, 0) is 17.7 Å². The van der Waals surface area contributed by atoms with Crippen LogP contribution in [-0.4, -0.2) is 22.3 Å². The second-order valence-corrected chi connectivity index (χ2v) is 4.16. The second kappa shape index (κ2) is 4.49. The van der Waals surface area contributed by atoms with E-state index in [0.29, 0.717) is 18.8 Å². The van der Waals surface area contributed by atoms with Crippen molar-refractivity contribution in [2.45, 2.75) is 32.4 Å². The molecule has 0 unspecified atom stereocenters. The van der Waals surface area contributed by atoms with E-state index in [0.717, 1.165) is 5.69 Å². The molecule has 1 heterocycles. The highest BCUT2D eigenvalue weighted by Crippen LogP contribution is 2.19. The van der Waals surface area contributed by atoms with E-state index in [-0.39, 0.29) is 5.60 Å². The molecule has 4 nitrogen and oxygen atoms in total. The Hall–Kier alpha value is -1.29. The van der Waals surface area contributed by atoms with Crippen LogP contribution < -0.4 is 5.73 Å². The zero-order chi connectivity index (χ0) is 11.5. The first-order valence-corrected chi connectivity index (χ1v) is 4.95. The lowest BCUT2D eigenvalue weighted by molar-refractivity contribution is 0.0226. The molecule has 1 aromatic rings. The maximum Gasteiger partial charge on any atom is 0.126 e. The first-order valence-electron chi connectivity index (χ1n) is 4.95. The zero-order valence-electron chi connectivity index (χ0n) is 9.66. The molecule has 0 aliphatic heterocycles. The Morgan fingerprint density at radius 1 is 1.67 bits per heavy atom. The molecule has 4 heteroatoms. The van der Waals surface area contributed by atoms with E-state index in [4.69, 9.17) is 10.5 Å². The molecule has 0 spiro atoms. The number of nitrogens with two attached hydrogens (primary N) is 1. The van der Waals surface area contributed by atoms with Crippen molar-refractivity contribution in [2.24, 2.45) is 0 Å². The molecule has 0 aromatic carbocycles.